The molecule has 0 saturated heterocycles. The number of ether oxygens (including phenoxy) is 2. The molecule has 0 aliphatic rings. The smallest absolute Gasteiger partial charge is 0.461 e. The predicted octanol–water partition coefficient (Wildman–Crippen LogP) is 3.00. The average molecular weight is 330 g/mol. The van der Waals surface area contributed by atoms with Crippen molar-refractivity contribution in [2.45, 2.75) is 19.7 Å². The molecule has 0 bridgehead atoms. The second kappa shape index (κ2) is 6.49. The lowest BCUT2D eigenvalue weighted by Gasteiger charge is -2.13. The Bertz CT molecular complexity index is 590. The van der Waals surface area contributed by atoms with Gasteiger partial charge in [0.15, 0.2) is 5.75 Å². The number of hydrogen-bond acceptors (Lipinski definition) is 6. The molecule has 0 unspecified atom stereocenters. The highest BCUT2D eigenvalue weighted by Crippen LogP contribution is 2.40. The highest BCUT2D eigenvalue weighted by Gasteiger charge is 2.39. The summed E-state index contributed by atoms with van der Waals surface area (Å²) in [6.07, 6.45) is -8.94. The van der Waals surface area contributed by atoms with Gasteiger partial charge in [-0.15, -0.1) is 13.2 Å². The number of nitrogens with zero attached hydrogens (tertiary/aromatic N) is 2. The van der Waals surface area contributed by atoms with Crippen LogP contribution in [0.1, 0.15) is 29.4 Å². The summed E-state index contributed by atoms with van der Waals surface area (Å²) < 4.78 is 69.9. The topological polar surface area (TPSA) is 91.6 Å². The third-order valence-corrected chi connectivity index (χ3v) is 2.15. The Labute approximate surface area is 118 Å². The maximum atomic E-state index is 12.9. The van der Waals surface area contributed by atoms with Gasteiger partial charge in [-0.1, -0.05) is 0 Å². The molecule has 0 aliphatic carbocycles. The van der Waals surface area contributed by atoms with E-state index in [1.54, 1.807) is 0 Å². The van der Waals surface area contributed by atoms with Gasteiger partial charge in [0.2, 0.25) is 5.69 Å². The SMILES string of the molecule is CCOC(=O)c1ncc(OC(F)(F)F)c(C(F)F)c1[N+](=O)[O-]. The van der Waals surface area contributed by atoms with Crippen molar-refractivity contribution in [2.75, 3.05) is 6.61 Å². The van der Waals surface area contributed by atoms with Crippen molar-refractivity contribution in [2.24, 2.45) is 0 Å². The second-order valence-corrected chi connectivity index (χ2v) is 3.56. The van der Waals surface area contributed by atoms with Crippen LogP contribution in [0.5, 0.6) is 5.75 Å². The van der Waals surface area contributed by atoms with Gasteiger partial charge < -0.3 is 9.47 Å². The van der Waals surface area contributed by atoms with Crippen molar-refractivity contribution in [1.29, 1.82) is 0 Å². The molecule has 0 amide bonds. The molecule has 0 saturated carbocycles. The Hall–Kier alpha value is -2.53. The van der Waals surface area contributed by atoms with Crippen molar-refractivity contribution in [3.63, 3.8) is 0 Å². The van der Waals surface area contributed by atoms with Gasteiger partial charge >= 0.3 is 18.0 Å². The minimum atomic E-state index is -5.37. The van der Waals surface area contributed by atoms with E-state index in [0.29, 0.717) is 0 Å². The van der Waals surface area contributed by atoms with Gasteiger partial charge in [0.25, 0.3) is 6.43 Å². The first-order valence-corrected chi connectivity index (χ1v) is 5.46. The molecule has 0 radical (unpaired) electrons. The molecule has 1 aromatic rings. The number of esters is 1. The van der Waals surface area contributed by atoms with Crippen molar-refractivity contribution in [3.8, 4) is 5.75 Å². The predicted molar refractivity (Wildman–Crippen MR) is 58.5 cm³/mol. The van der Waals surface area contributed by atoms with E-state index in [1.165, 1.54) is 6.92 Å². The lowest BCUT2D eigenvalue weighted by molar-refractivity contribution is -0.387. The van der Waals surface area contributed by atoms with E-state index in [9.17, 15) is 36.9 Å². The summed E-state index contributed by atoms with van der Waals surface area (Å²) in [5.74, 6) is -2.99. The zero-order chi connectivity index (χ0) is 17.1. The lowest BCUT2D eigenvalue weighted by atomic mass is 10.1. The maximum absolute atomic E-state index is 12.9. The van der Waals surface area contributed by atoms with Gasteiger partial charge in [0.05, 0.1) is 17.7 Å². The Kier molecular flexibility index (Phi) is 5.17. The molecule has 0 N–H and O–H groups in total. The first-order valence-electron chi connectivity index (χ1n) is 5.46. The van der Waals surface area contributed by atoms with Crippen LogP contribution in [0.4, 0.5) is 27.6 Å². The maximum Gasteiger partial charge on any atom is 0.573 e. The van der Waals surface area contributed by atoms with Crippen LogP contribution in [-0.4, -0.2) is 28.8 Å². The normalized spacial score (nSPS) is 11.4. The summed E-state index contributed by atoms with van der Waals surface area (Å²) in [6.45, 7) is 1.08. The highest BCUT2D eigenvalue weighted by molar-refractivity contribution is 5.92. The Morgan fingerprint density at radius 3 is 2.45 bits per heavy atom. The first-order chi connectivity index (χ1) is 10.1. The fourth-order valence-electron chi connectivity index (χ4n) is 1.45. The molecule has 12 heteroatoms. The molecule has 22 heavy (non-hydrogen) atoms. The molecule has 1 heterocycles. The van der Waals surface area contributed by atoms with Crippen molar-refractivity contribution in [3.05, 3.63) is 27.6 Å². The standard InChI is InChI=1S/C10H7F5N2O5/c1-2-21-9(18)6-7(17(19)20)5(8(11)12)4(3-16-6)22-10(13,14)15/h3,8H,2H2,1H3. The number of aromatic nitrogens is 1. The quantitative estimate of drug-likeness (QED) is 0.357. The van der Waals surface area contributed by atoms with Crippen LogP contribution < -0.4 is 4.74 Å². The number of carbonyl (C=O) groups is 1. The number of rotatable bonds is 5. The summed E-state index contributed by atoms with van der Waals surface area (Å²) in [4.78, 5) is 23.9. The van der Waals surface area contributed by atoms with Gasteiger partial charge in [-0.2, -0.15) is 0 Å². The van der Waals surface area contributed by atoms with E-state index in [1.807, 2.05) is 0 Å². The van der Waals surface area contributed by atoms with Gasteiger partial charge in [-0.3, -0.25) is 10.1 Å². The molecule has 1 aromatic heterocycles. The number of halogens is 5. The van der Waals surface area contributed by atoms with E-state index in [0.717, 1.165) is 0 Å². The summed E-state index contributed by atoms with van der Waals surface area (Å²) in [6, 6.07) is 0. The van der Waals surface area contributed by atoms with Crippen LogP contribution in [0.2, 0.25) is 0 Å². The van der Waals surface area contributed by atoms with Crippen molar-refractivity contribution < 1.29 is 41.1 Å². The number of nitro groups is 1. The minimum absolute atomic E-state index is 0.147. The average Bonchev–Trinajstić information content (AvgIpc) is 2.35. The minimum Gasteiger partial charge on any atom is -0.461 e. The number of pyridine rings is 1. The fraction of sp³-hybridized carbons (Fsp3) is 0.400. The lowest BCUT2D eigenvalue weighted by Crippen LogP contribution is -2.20. The third-order valence-electron chi connectivity index (χ3n) is 2.15. The van der Waals surface area contributed by atoms with E-state index >= 15 is 0 Å². The Balaban J connectivity index is 3.56. The van der Waals surface area contributed by atoms with E-state index < -0.39 is 46.4 Å². The van der Waals surface area contributed by atoms with E-state index in [4.69, 9.17) is 0 Å². The molecule has 1 rings (SSSR count). The highest BCUT2D eigenvalue weighted by atomic mass is 19.4. The van der Waals surface area contributed by atoms with E-state index in [-0.39, 0.29) is 12.8 Å². The van der Waals surface area contributed by atoms with Crippen LogP contribution in [0.25, 0.3) is 0 Å². The van der Waals surface area contributed by atoms with Crippen LogP contribution in [0, 0.1) is 10.1 Å². The largest absolute Gasteiger partial charge is 0.573 e. The van der Waals surface area contributed by atoms with Crippen LogP contribution in [0.3, 0.4) is 0 Å². The molecule has 0 spiro atoms. The summed E-state index contributed by atoms with van der Waals surface area (Å²) >= 11 is 0. The number of alkyl halides is 5. The Morgan fingerprint density at radius 1 is 1.45 bits per heavy atom. The Morgan fingerprint density at radius 2 is 2.05 bits per heavy atom. The molecular formula is C10H7F5N2O5. The van der Waals surface area contributed by atoms with Gasteiger partial charge in [-0.05, 0) is 6.92 Å². The monoisotopic (exact) mass is 330 g/mol. The van der Waals surface area contributed by atoms with Crippen molar-refractivity contribution >= 4 is 11.7 Å². The van der Waals surface area contributed by atoms with E-state index in [2.05, 4.69) is 14.5 Å². The second-order valence-electron chi connectivity index (χ2n) is 3.56. The third kappa shape index (κ3) is 3.99. The summed E-state index contributed by atoms with van der Waals surface area (Å²) in [5.41, 5.74) is -4.45. The molecule has 0 fully saturated rings. The molecular weight excluding hydrogens is 323 g/mol. The number of hydrogen-bond donors (Lipinski definition) is 0. The molecule has 0 aliphatic heterocycles. The molecule has 0 atom stereocenters. The summed E-state index contributed by atoms with van der Waals surface area (Å²) in [5, 5.41) is 10.9. The molecule has 7 nitrogen and oxygen atoms in total. The van der Waals surface area contributed by atoms with Crippen LogP contribution in [-0.2, 0) is 4.74 Å². The van der Waals surface area contributed by atoms with Gasteiger partial charge in [-0.25, -0.2) is 18.6 Å². The zero-order valence-corrected chi connectivity index (χ0v) is 10.7. The van der Waals surface area contributed by atoms with Crippen LogP contribution >= 0.6 is 0 Å². The van der Waals surface area contributed by atoms with Gasteiger partial charge in [0.1, 0.15) is 5.56 Å². The zero-order valence-electron chi connectivity index (χ0n) is 10.7. The summed E-state index contributed by atoms with van der Waals surface area (Å²) in [7, 11) is 0. The molecule has 0 aromatic carbocycles. The molecule has 122 valence electrons. The fourth-order valence-corrected chi connectivity index (χ4v) is 1.45. The van der Waals surface area contributed by atoms with Crippen molar-refractivity contribution in [1.82, 2.24) is 4.98 Å². The van der Waals surface area contributed by atoms with Gasteiger partial charge in [0, 0.05) is 0 Å². The first kappa shape index (κ1) is 17.5. The van der Waals surface area contributed by atoms with Crippen LogP contribution in [0.15, 0.2) is 6.20 Å². The number of carbonyl (C=O) groups excluding carboxylic acids is 1.